The normalized spacial score (nSPS) is 23.2. The summed E-state index contributed by atoms with van der Waals surface area (Å²) in [6, 6.07) is 8.97. The van der Waals surface area contributed by atoms with E-state index in [0.29, 0.717) is 6.04 Å². The molecule has 1 heterocycles. The van der Waals surface area contributed by atoms with Crippen molar-refractivity contribution in [3.05, 3.63) is 0 Å². The van der Waals surface area contributed by atoms with Gasteiger partial charge in [-0.15, -0.1) is 0 Å². The summed E-state index contributed by atoms with van der Waals surface area (Å²) in [6.45, 7) is 15.2. The first-order valence-corrected chi connectivity index (χ1v) is 17.5. The zero-order chi connectivity index (χ0) is 20.6. The molecule has 1 aliphatic rings. The summed E-state index contributed by atoms with van der Waals surface area (Å²) in [7, 11) is 2.69. The highest BCUT2D eigenvalue weighted by atomic mass is 35.5. The summed E-state index contributed by atoms with van der Waals surface area (Å²) in [5.41, 5.74) is 0. The Bertz CT molecular complexity index is 384. The summed E-state index contributed by atoms with van der Waals surface area (Å²) >= 11 is 0. The molecule has 0 saturated carbocycles. The second-order valence-corrected chi connectivity index (χ2v) is 18.7. The van der Waals surface area contributed by atoms with Gasteiger partial charge in [0.05, 0.1) is 19.6 Å². The van der Waals surface area contributed by atoms with Gasteiger partial charge in [-0.05, 0) is 42.7 Å². The van der Waals surface area contributed by atoms with E-state index in [4.69, 9.17) is 8.85 Å². The van der Waals surface area contributed by atoms with E-state index < -0.39 is 16.6 Å². The summed E-state index contributed by atoms with van der Waals surface area (Å²) in [5, 5.41) is 0. The molecule has 28 heavy (non-hydrogen) atoms. The topological polar surface area (TPSA) is 18.5 Å². The van der Waals surface area contributed by atoms with Gasteiger partial charge in [0.2, 0.25) is 16.6 Å². The van der Waals surface area contributed by atoms with Crippen molar-refractivity contribution in [1.82, 2.24) is 0 Å². The van der Waals surface area contributed by atoms with Crippen molar-refractivity contribution in [2.24, 2.45) is 0 Å². The monoisotopic (exact) mass is 464 g/mol. The highest BCUT2D eigenvalue weighted by Gasteiger charge is 2.51. The molecule has 0 N–H and O–H groups in total. The Labute approximate surface area is 188 Å². The maximum Gasteiger partial charge on any atom is 0.290 e. The van der Waals surface area contributed by atoms with Crippen LogP contribution in [0.4, 0.5) is 0 Å². The van der Waals surface area contributed by atoms with E-state index in [9.17, 15) is 0 Å². The van der Waals surface area contributed by atoms with Crippen LogP contribution in [0.2, 0.25) is 42.3 Å². The molecule has 3 nitrogen and oxygen atoms in total. The van der Waals surface area contributed by atoms with Gasteiger partial charge in [0.25, 0.3) is 6.41 Å². The molecule has 1 aliphatic heterocycles. The fraction of sp³-hybridized carbons (Fsp3) is 1.00. The van der Waals surface area contributed by atoms with Crippen molar-refractivity contribution in [2.75, 3.05) is 13.6 Å². The van der Waals surface area contributed by atoms with Gasteiger partial charge in [0, 0.05) is 23.1 Å². The molecule has 2 unspecified atom stereocenters. The Kier molecular flexibility index (Phi) is 13.7. The van der Waals surface area contributed by atoms with Crippen molar-refractivity contribution in [3.63, 3.8) is 0 Å². The Hall–Kier alpha value is 0.821. The van der Waals surface area contributed by atoms with Gasteiger partial charge in [-0.2, -0.15) is 0 Å². The molecule has 1 fully saturated rings. The van der Waals surface area contributed by atoms with E-state index in [1.807, 2.05) is 0 Å². The molecule has 0 amide bonds. The molecule has 7 heteroatoms. The Morgan fingerprint density at radius 1 is 0.893 bits per heavy atom. The molecular weight excluding hydrogens is 418 g/mol. The van der Waals surface area contributed by atoms with Crippen LogP contribution in [0, 0.1) is 0 Å². The average Bonchev–Trinajstić information content (AvgIpc) is 3.09. The van der Waals surface area contributed by atoms with Crippen LogP contribution in [0.1, 0.15) is 67.2 Å². The number of hydrogen-bond donors (Lipinski definition) is 0. The highest BCUT2D eigenvalue weighted by molar-refractivity contribution is 6.74. The molecule has 0 aliphatic carbocycles. The van der Waals surface area contributed by atoms with Crippen LogP contribution in [0.5, 0.6) is 0 Å². The summed E-state index contributed by atoms with van der Waals surface area (Å²) < 4.78 is 15.3. The lowest BCUT2D eigenvalue weighted by Crippen LogP contribution is -3.00. The quantitative estimate of drug-likeness (QED) is 0.223. The lowest BCUT2D eigenvalue weighted by atomic mass is 10.1. The zero-order valence-electron chi connectivity index (χ0n) is 19.8. The number of likely N-dealkylation sites (tertiary alicyclic amines) is 1. The maximum absolute atomic E-state index is 7.16. The number of nitrogens with zero attached hydrogens (tertiary/aromatic N) is 1. The number of halogens is 1. The van der Waals surface area contributed by atoms with E-state index in [1.54, 1.807) is 0 Å². The fourth-order valence-corrected chi connectivity index (χ4v) is 10.6. The average molecular weight is 465 g/mol. The minimum Gasteiger partial charge on any atom is -1.00 e. The second kappa shape index (κ2) is 13.3. The molecule has 167 valence electrons. The molecule has 0 aromatic rings. The van der Waals surface area contributed by atoms with E-state index in [2.05, 4.69) is 58.8 Å². The second-order valence-electron chi connectivity index (χ2n) is 8.79. The standard InChI is InChI=1S/C21H47NO2Si3.ClH/c1-8-26(9-2,10-3)23-21(24-27(11-4,12-5)13-6)22(7)18-14-16-20(22)17-15-19-25;/h20-21H,8-19H2,1-7H3;1H/q+1;/p-1. The van der Waals surface area contributed by atoms with Gasteiger partial charge in [0.1, 0.15) is 0 Å². The molecule has 2 atom stereocenters. The number of rotatable bonds is 14. The van der Waals surface area contributed by atoms with Crippen molar-refractivity contribution < 1.29 is 25.7 Å². The third kappa shape index (κ3) is 6.66. The van der Waals surface area contributed by atoms with Crippen LogP contribution < -0.4 is 12.4 Å². The lowest BCUT2D eigenvalue weighted by molar-refractivity contribution is -0.982. The smallest absolute Gasteiger partial charge is 0.290 e. The fourth-order valence-electron chi connectivity index (χ4n) is 4.89. The van der Waals surface area contributed by atoms with Crippen molar-refractivity contribution in [3.8, 4) is 0 Å². The van der Waals surface area contributed by atoms with E-state index in [1.165, 1.54) is 68.5 Å². The minimum atomic E-state index is -1.72. The molecule has 0 spiro atoms. The Balaban J connectivity index is 0.00000729. The van der Waals surface area contributed by atoms with E-state index in [0.717, 1.165) is 10.5 Å². The van der Waals surface area contributed by atoms with Gasteiger partial charge < -0.3 is 21.3 Å². The molecule has 3 radical (unpaired) electrons. The predicted octanol–water partition coefficient (Wildman–Crippen LogP) is 3.29. The van der Waals surface area contributed by atoms with Crippen molar-refractivity contribution in [1.29, 1.82) is 0 Å². The first-order chi connectivity index (χ1) is 12.8. The number of hydrogen-bond acceptors (Lipinski definition) is 2. The Morgan fingerprint density at radius 3 is 1.68 bits per heavy atom. The SMILES string of the molecule is CC[Si](CC)(CC)OC(O[Si](CC)(CC)CC)[N+]1(C)CCCC1CCC[Si].[Cl-]. The molecule has 0 aromatic carbocycles. The van der Waals surface area contributed by atoms with Crippen molar-refractivity contribution >= 4 is 26.9 Å². The zero-order valence-corrected chi connectivity index (χ0v) is 23.5. The van der Waals surface area contributed by atoms with Crippen LogP contribution in [-0.2, 0) is 8.85 Å². The Morgan fingerprint density at radius 2 is 1.32 bits per heavy atom. The first kappa shape index (κ1) is 28.8. The molecule has 0 bridgehead atoms. The van der Waals surface area contributed by atoms with Crippen LogP contribution in [0.3, 0.4) is 0 Å². The summed E-state index contributed by atoms with van der Waals surface area (Å²) in [6.07, 6.45) is 5.12. The predicted molar refractivity (Wildman–Crippen MR) is 124 cm³/mol. The summed E-state index contributed by atoms with van der Waals surface area (Å²) in [4.78, 5) is 0. The van der Waals surface area contributed by atoms with Gasteiger partial charge >= 0.3 is 0 Å². The van der Waals surface area contributed by atoms with Gasteiger partial charge in [-0.1, -0.05) is 54.0 Å². The molecule has 1 rings (SSSR count). The van der Waals surface area contributed by atoms with Gasteiger partial charge in [-0.25, -0.2) is 0 Å². The van der Waals surface area contributed by atoms with E-state index in [-0.39, 0.29) is 18.8 Å². The van der Waals surface area contributed by atoms with Crippen molar-refractivity contribution in [2.45, 2.75) is 122 Å². The van der Waals surface area contributed by atoms with Gasteiger partial charge in [0.15, 0.2) is 0 Å². The van der Waals surface area contributed by atoms with E-state index >= 15 is 0 Å². The van der Waals surface area contributed by atoms with Crippen LogP contribution in [-0.4, -0.2) is 57.4 Å². The third-order valence-electron chi connectivity index (χ3n) is 7.77. The molecular formula is C21H47ClNO2Si3. The van der Waals surface area contributed by atoms with Crippen LogP contribution >= 0.6 is 0 Å². The third-order valence-corrected chi connectivity index (χ3v) is 17.3. The lowest BCUT2D eigenvalue weighted by Gasteiger charge is -2.48. The van der Waals surface area contributed by atoms with Crippen LogP contribution in [0.25, 0.3) is 0 Å². The first-order valence-electron chi connectivity index (χ1n) is 11.7. The molecule has 1 saturated heterocycles. The summed E-state index contributed by atoms with van der Waals surface area (Å²) in [5.74, 6) is 0. The van der Waals surface area contributed by atoms with Crippen LogP contribution in [0.15, 0.2) is 0 Å². The largest absolute Gasteiger partial charge is 1.00 e. The maximum atomic E-state index is 7.16. The van der Waals surface area contributed by atoms with Gasteiger partial charge in [-0.3, -0.25) is 4.48 Å². The minimum absolute atomic E-state index is 0. The highest BCUT2D eigenvalue weighted by Crippen LogP contribution is 2.38. The number of quaternary nitrogens is 1. The molecule has 0 aromatic heterocycles.